The lowest BCUT2D eigenvalue weighted by Crippen LogP contribution is -2.50. The molecular weight excluding hydrogens is 236 g/mol. The van der Waals surface area contributed by atoms with E-state index < -0.39 is 0 Å². The van der Waals surface area contributed by atoms with Gasteiger partial charge in [0.15, 0.2) is 0 Å². The molecule has 110 valence electrons. The van der Waals surface area contributed by atoms with Gasteiger partial charge in [-0.15, -0.1) is 0 Å². The van der Waals surface area contributed by atoms with Gasteiger partial charge in [-0.3, -0.25) is 9.58 Å². The Morgan fingerprint density at radius 3 is 2.47 bits per heavy atom. The van der Waals surface area contributed by atoms with E-state index in [1.165, 1.54) is 0 Å². The van der Waals surface area contributed by atoms with Crippen LogP contribution in [0.1, 0.15) is 58.7 Å². The highest BCUT2D eigenvalue weighted by atomic mass is 15.3. The molecule has 0 spiro atoms. The van der Waals surface area contributed by atoms with Gasteiger partial charge in [-0.1, -0.05) is 20.8 Å². The molecule has 0 radical (unpaired) electrons. The molecule has 1 aromatic rings. The van der Waals surface area contributed by atoms with Crippen molar-refractivity contribution in [2.24, 2.45) is 5.73 Å². The number of nitrogens with zero attached hydrogens (tertiary/aromatic N) is 3. The summed E-state index contributed by atoms with van der Waals surface area (Å²) in [4.78, 5) is 2.36. The van der Waals surface area contributed by atoms with Crippen LogP contribution >= 0.6 is 0 Å². The number of aromatic nitrogens is 2. The first kappa shape index (κ1) is 16.2. The fourth-order valence-corrected chi connectivity index (χ4v) is 2.54. The molecule has 0 aliphatic carbocycles. The van der Waals surface area contributed by atoms with Crippen LogP contribution in [0.2, 0.25) is 0 Å². The topological polar surface area (TPSA) is 47.1 Å². The van der Waals surface area contributed by atoms with Crippen LogP contribution in [-0.4, -0.2) is 33.8 Å². The number of hydrogen-bond acceptors (Lipinski definition) is 3. The molecule has 1 aromatic heterocycles. The monoisotopic (exact) mass is 266 g/mol. The van der Waals surface area contributed by atoms with Crippen LogP contribution in [0.25, 0.3) is 0 Å². The van der Waals surface area contributed by atoms with E-state index in [-0.39, 0.29) is 5.54 Å². The highest BCUT2D eigenvalue weighted by molar-refractivity contribution is 5.01. The smallest absolute Gasteiger partial charge is 0.0764 e. The Morgan fingerprint density at radius 2 is 2.00 bits per heavy atom. The molecule has 0 aromatic carbocycles. The maximum atomic E-state index is 5.99. The zero-order valence-corrected chi connectivity index (χ0v) is 13.2. The second kappa shape index (κ2) is 7.06. The number of likely N-dealkylation sites (N-methyl/N-ethyl adjacent to an activating group) is 1. The zero-order valence-electron chi connectivity index (χ0n) is 13.2. The average Bonchev–Trinajstić information content (AvgIpc) is 2.89. The molecule has 0 saturated heterocycles. The third-order valence-electron chi connectivity index (χ3n) is 4.61. The number of rotatable bonds is 8. The van der Waals surface area contributed by atoms with E-state index in [1.54, 1.807) is 0 Å². The van der Waals surface area contributed by atoms with Crippen molar-refractivity contribution in [3.63, 3.8) is 0 Å². The second-order valence-electron chi connectivity index (χ2n) is 5.54. The lowest BCUT2D eigenvalue weighted by atomic mass is 9.91. The minimum Gasteiger partial charge on any atom is -0.329 e. The fraction of sp³-hybridized carbons (Fsp3) is 0.800. The molecule has 1 heterocycles. The van der Waals surface area contributed by atoms with Crippen molar-refractivity contribution in [3.05, 3.63) is 18.0 Å². The summed E-state index contributed by atoms with van der Waals surface area (Å²) in [7, 11) is 2.15. The summed E-state index contributed by atoms with van der Waals surface area (Å²) in [6.07, 6.45) is 5.33. The van der Waals surface area contributed by atoms with Gasteiger partial charge in [-0.25, -0.2) is 0 Å². The van der Waals surface area contributed by atoms with E-state index in [2.05, 4.69) is 61.7 Å². The predicted octanol–water partition coefficient (Wildman–Crippen LogP) is 2.80. The van der Waals surface area contributed by atoms with Crippen LogP contribution in [-0.2, 0) is 6.54 Å². The molecule has 19 heavy (non-hydrogen) atoms. The van der Waals surface area contributed by atoms with Gasteiger partial charge < -0.3 is 5.73 Å². The summed E-state index contributed by atoms with van der Waals surface area (Å²) in [6, 6.07) is 2.59. The van der Waals surface area contributed by atoms with Crippen molar-refractivity contribution in [1.29, 1.82) is 0 Å². The standard InChI is InChI=1S/C15H30N4/c1-6-13(4)19-10-9-14(17-19)11-18(5)15(7-2,8-3)12-16/h9-10,13H,6-8,11-12,16H2,1-5H3. The fourth-order valence-electron chi connectivity index (χ4n) is 2.54. The minimum absolute atomic E-state index is 0.0974. The van der Waals surface area contributed by atoms with Gasteiger partial charge in [0.25, 0.3) is 0 Å². The third-order valence-corrected chi connectivity index (χ3v) is 4.61. The molecule has 0 bridgehead atoms. The highest BCUT2D eigenvalue weighted by Gasteiger charge is 2.29. The van der Waals surface area contributed by atoms with Crippen LogP contribution in [0, 0.1) is 0 Å². The van der Waals surface area contributed by atoms with E-state index >= 15 is 0 Å². The van der Waals surface area contributed by atoms with Gasteiger partial charge >= 0.3 is 0 Å². The van der Waals surface area contributed by atoms with Crippen LogP contribution in [0.4, 0.5) is 0 Å². The van der Waals surface area contributed by atoms with Crippen LogP contribution in [0.15, 0.2) is 12.3 Å². The highest BCUT2D eigenvalue weighted by Crippen LogP contribution is 2.23. The van der Waals surface area contributed by atoms with Gasteiger partial charge in [0.1, 0.15) is 0 Å². The van der Waals surface area contributed by atoms with Crippen LogP contribution < -0.4 is 5.73 Å². The molecule has 0 aliphatic rings. The SMILES string of the molecule is CCC(C)n1ccc(CN(C)C(CC)(CC)CN)n1. The van der Waals surface area contributed by atoms with Gasteiger partial charge in [-0.05, 0) is 39.3 Å². The minimum atomic E-state index is 0.0974. The van der Waals surface area contributed by atoms with E-state index in [0.717, 1.165) is 31.5 Å². The molecule has 1 rings (SSSR count). The molecule has 0 saturated carbocycles. The van der Waals surface area contributed by atoms with Gasteiger partial charge in [0.2, 0.25) is 0 Å². The Hall–Kier alpha value is -0.870. The van der Waals surface area contributed by atoms with Crippen molar-refractivity contribution >= 4 is 0 Å². The number of nitrogens with two attached hydrogens (primary N) is 1. The largest absolute Gasteiger partial charge is 0.329 e. The first-order valence-corrected chi connectivity index (χ1v) is 7.48. The van der Waals surface area contributed by atoms with Crippen LogP contribution in [0.3, 0.4) is 0 Å². The van der Waals surface area contributed by atoms with Crippen molar-refractivity contribution in [1.82, 2.24) is 14.7 Å². The normalized spacial score (nSPS) is 14.1. The van der Waals surface area contributed by atoms with Crippen molar-refractivity contribution in [2.75, 3.05) is 13.6 Å². The van der Waals surface area contributed by atoms with Crippen molar-refractivity contribution in [2.45, 2.75) is 65.1 Å². The summed E-state index contributed by atoms with van der Waals surface area (Å²) < 4.78 is 2.06. The predicted molar refractivity (Wildman–Crippen MR) is 81.1 cm³/mol. The summed E-state index contributed by atoms with van der Waals surface area (Å²) in [5.74, 6) is 0. The molecule has 0 amide bonds. The van der Waals surface area contributed by atoms with Gasteiger partial charge in [-0.2, -0.15) is 5.10 Å². The molecule has 4 heteroatoms. The van der Waals surface area contributed by atoms with E-state index in [4.69, 9.17) is 5.73 Å². The maximum Gasteiger partial charge on any atom is 0.0764 e. The van der Waals surface area contributed by atoms with Crippen molar-refractivity contribution in [3.8, 4) is 0 Å². The summed E-state index contributed by atoms with van der Waals surface area (Å²) in [5, 5.41) is 4.67. The Bertz CT molecular complexity index is 360. The first-order valence-electron chi connectivity index (χ1n) is 7.48. The molecule has 2 N–H and O–H groups in total. The van der Waals surface area contributed by atoms with Crippen LogP contribution in [0.5, 0.6) is 0 Å². The molecule has 1 unspecified atom stereocenters. The lowest BCUT2D eigenvalue weighted by molar-refractivity contribution is 0.106. The molecular formula is C15H30N4. The van der Waals surface area contributed by atoms with Gasteiger partial charge in [0, 0.05) is 30.9 Å². The Morgan fingerprint density at radius 1 is 1.37 bits per heavy atom. The van der Waals surface area contributed by atoms with Gasteiger partial charge in [0.05, 0.1) is 5.69 Å². The zero-order chi connectivity index (χ0) is 14.5. The molecule has 1 atom stereocenters. The third kappa shape index (κ3) is 3.57. The second-order valence-corrected chi connectivity index (χ2v) is 5.54. The quantitative estimate of drug-likeness (QED) is 0.787. The Balaban J connectivity index is 2.76. The number of hydrogen-bond donors (Lipinski definition) is 1. The Labute approximate surface area is 118 Å². The van der Waals surface area contributed by atoms with Crippen molar-refractivity contribution < 1.29 is 0 Å². The van der Waals surface area contributed by atoms with E-state index in [9.17, 15) is 0 Å². The van der Waals surface area contributed by atoms with E-state index in [1.807, 2.05) is 0 Å². The molecule has 0 aliphatic heterocycles. The Kier molecular flexibility index (Phi) is 6.01. The summed E-state index contributed by atoms with van der Waals surface area (Å²) in [5.41, 5.74) is 7.22. The summed E-state index contributed by atoms with van der Waals surface area (Å²) in [6.45, 7) is 10.4. The lowest BCUT2D eigenvalue weighted by Gasteiger charge is -2.39. The average molecular weight is 266 g/mol. The molecule has 0 fully saturated rings. The van der Waals surface area contributed by atoms with E-state index in [0.29, 0.717) is 12.6 Å². The summed E-state index contributed by atoms with van der Waals surface area (Å²) >= 11 is 0. The molecule has 4 nitrogen and oxygen atoms in total. The maximum absolute atomic E-state index is 5.99. The first-order chi connectivity index (χ1) is 9.02.